The molecule has 1 aromatic rings. The Morgan fingerprint density at radius 3 is 2.38 bits per heavy atom. The summed E-state index contributed by atoms with van der Waals surface area (Å²) in [5.41, 5.74) is 9.30. The van der Waals surface area contributed by atoms with Gasteiger partial charge >= 0.3 is 6.18 Å². The molecule has 29 heavy (non-hydrogen) atoms. The van der Waals surface area contributed by atoms with Crippen molar-refractivity contribution in [2.45, 2.75) is 43.8 Å². The van der Waals surface area contributed by atoms with Gasteiger partial charge < -0.3 is 21.7 Å². The van der Waals surface area contributed by atoms with Crippen LogP contribution in [0.15, 0.2) is 23.2 Å². The first-order valence-corrected chi connectivity index (χ1v) is 9.54. The monoisotopic (exact) mass is 411 g/mol. The summed E-state index contributed by atoms with van der Waals surface area (Å²) in [6.07, 6.45) is -2.01. The van der Waals surface area contributed by atoms with E-state index in [1.54, 1.807) is 4.90 Å². The van der Waals surface area contributed by atoms with Gasteiger partial charge in [0.15, 0.2) is 5.96 Å². The van der Waals surface area contributed by atoms with Crippen LogP contribution in [-0.4, -0.2) is 48.3 Å². The Morgan fingerprint density at radius 1 is 1.14 bits per heavy atom. The Hall–Kier alpha value is -2.62. The molecule has 0 saturated carbocycles. The summed E-state index contributed by atoms with van der Waals surface area (Å²) in [6.45, 7) is 1.63. The second-order valence-electron chi connectivity index (χ2n) is 7.39. The quantitative estimate of drug-likeness (QED) is 0.516. The zero-order valence-electron chi connectivity index (χ0n) is 15.8. The lowest BCUT2D eigenvalue weighted by Crippen LogP contribution is -2.46. The molecular formula is C19H24F3N5O2. The summed E-state index contributed by atoms with van der Waals surface area (Å²) in [6, 6.07) is 3.24. The fraction of sp³-hybridized carbons (Fsp3) is 0.526. The van der Waals surface area contributed by atoms with Gasteiger partial charge in [0.1, 0.15) is 0 Å². The molecule has 2 heterocycles. The number of nitrogens with one attached hydrogen (secondary N) is 1. The number of alkyl halides is 3. The largest absolute Gasteiger partial charge is 0.416 e. The summed E-state index contributed by atoms with van der Waals surface area (Å²) in [7, 11) is 0. The molecule has 0 bridgehead atoms. The zero-order chi connectivity index (χ0) is 21.2. The molecule has 2 amide bonds. The lowest BCUT2D eigenvalue weighted by molar-refractivity contribution is -0.139. The second-order valence-corrected chi connectivity index (χ2v) is 7.39. The van der Waals surface area contributed by atoms with Gasteiger partial charge in [0.05, 0.1) is 11.6 Å². The maximum absolute atomic E-state index is 13.6. The maximum atomic E-state index is 13.6. The van der Waals surface area contributed by atoms with Crippen LogP contribution in [0.1, 0.15) is 53.1 Å². The first kappa shape index (κ1) is 21.1. The summed E-state index contributed by atoms with van der Waals surface area (Å²) < 4.78 is 40.9. The Kier molecular flexibility index (Phi) is 6.11. The number of guanidine groups is 1. The molecule has 1 atom stereocenters. The summed E-state index contributed by atoms with van der Waals surface area (Å²) in [4.78, 5) is 29.4. The highest BCUT2D eigenvalue weighted by Gasteiger charge is 2.37. The van der Waals surface area contributed by atoms with E-state index in [9.17, 15) is 22.8 Å². The van der Waals surface area contributed by atoms with Gasteiger partial charge in [0, 0.05) is 18.7 Å². The number of carbonyl (C=O) groups is 2. The van der Waals surface area contributed by atoms with Crippen LogP contribution in [0.4, 0.5) is 13.2 Å². The van der Waals surface area contributed by atoms with Crippen LogP contribution in [0.25, 0.3) is 0 Å². The zero-order valence-corrected chi connectivity index (χ0v) is 15.8. The van der Waals surface area contributed by atoms with Gasteiger partial charge in [-0.15, -0.1) is 0 Å². The minimum Gasteiger partial charge on any atom is -0.370 e. The van der Waals surface area contributed by atoms with E-state index in [4.69, 9.17) is 11.5 Å². The third-order valence-electron chi connectivity index (χ3n) is 5.44. The molecule has 2 saturated heterocycles. The van der Waals surface area contributed by atoms with Gasteiger partial charge in [0.2, 0.25) is 5.91 Å². The van der Waals surface area contributed by atoms with Crippen molar-refractivity contribution in [2.24, 2.45) is 16.5 Å². The van der Waals surface area contributed by atoms with Gasteiger partial charge in [-0.05, 0) is 55.8 Å². The van der Waals surface area contributed by atoms with Crippen molar-refractivity contribution >= 4 is 17.8 Å². The minimum absolute atomic E-state index is 0.0233. The molecule has 158 valence electrons. The number of benzene rings is 1. The molecule has 7 nitrogen and oxygen atoms in total. The standard InChI is InChI=1S/C19H24F3N5O2/c20-19(21,22)14-10-12(16(28)26-18(23)24)3-4-13(14)11-5-8-27(9-6-11)17(29)15-2-1-7-25-15/h3-4,10-11,15,25H,1-2,5-9H2,(H4,23,24,26,28). The number of rotatable bonds is 3. The summed E-state index contributed by atoms with van der Waals surface area (Å²) in [5.74, 6) is -1.76. The first-order chi connectivity index (χ1) is 13.7. The third-order valence-corrected chi connectivity index (χ3v) is 5.44. The van der Waals surface area contributed by atoms with Crippen LogP contribution < -0.4 is 16.8 Å². The number of hydrogen-bond acceptors (Lipinski definition) is 3. The van der Waals surface area contributed by atoms with Crippen molar-refractivity contribution in [3.63, 3.8) is 0 Å². The maximum Gasteiger partial charge on any atom is 0.416 e. The number of nitrogens with two attached hydrogens (primary N) is 2. The molecule has 0 aromatic heterocycles. The van der Waals surface area contributed by atoms with E-state index >= 15 is 0 Å². The normalized spacial score (nSPS) is 20.5. The van der Waals surface area contributed by atoms with Gasteiger partial charge in [-0.2, -0.15) is 18.2 Å². The number of likely N-dealkylation sites (tertiary alicyclic amines) is 1. The van der Waals surface area contributed by atoms with Crippen molar-refractivity contribution in [3.05, 3.63) is 34.9 Å². The van der Waals surface area contributed by atoms with Crippen molar-refractivity contribution in [3.8, 4) is 0 Å². The van der Waals surface area contributed by atoms with Crippen LogP contribution in [0.2, 0.25) is 0 Å². The van der Waals surface area contributed by atoms with Crippen LogP contribution in [0.3, 0.4) is 0 Å². The summed E-state index contributed by atoms with van der Waals surface area (Å²) in [5, 5.41) is 3.16. The van der Waals surface area contributed by atoms with Crippen molar-refractivity contribution in [1.29, 1.82) is 0 Å². The predicted octanol–water partition coefficient (Wildman–Crippen LogP) is 1.58. The summed E-state index contributed by atoms with van der Waals surface area (Å²) >= 11 is 0. The predicted molar refractivity (Wildman–Crippen MR) is 101 cm³/mol. The second kappa shape index (κ2) is 8.40. The van der Waals surface area contributed by atoms with E-state index in [0.717, 1.165) is 25.5 Å². The van der Waals surface area contributed by atoms with Crippen LogP contribution in [0, 0.1) is 0 Å². The van der Waals surface area contributed by atoms with E-state index in [-0.39, 0.29) is 29.0 Å². The van der Waals surface area contributed by atoms with Crippen molar-refractivity contribution in [2.75, 3.05) is 19.6 Å². The van der Waals surface area contributed by atoms with E-state index in [2.05, 4.69) is 10.3 Å². The molecule has 5 N–H and O–H groups in total. The Morgan fingerprint density at radius 2 is 1.83 bits per heavy atom. The average molecular weight is 411 g/mol. The fourth-order valence-corrected chi connectivity index (χ4v) is 4.00. The SMILES string of the molecule is NC(N)=NC(=O)c1ccc(C2CCN(C(=O)C3CCCN3)CC2)c(C(F)(F)F)c1. The van der Waals surface area contributed by atoms with E-state index in [1.165, 1.54) is 12.1 Å². The minimum atomic E-state index is -4.62. The highest BCUT2D eigenvalue weighted by atomic mass is 19.4. The molecule has 2 aliphatic rings. The van der Waals surface area contributed by atoms with E-state index in [1.807, 2.05) is 0 Å². The number of amides is 2. The smallest absolute Gasteiger partial charge is 0.370 e. The molecule has 2 fully saturated rings. The Bertz CT molecular complexity index is 807. The number of piperidine rings is 1. The van der Waals surface area contributed by atoms with Crippen LogP contribution >= 0.6 is 0 Å². The average Bonchev–Trinajstić information content (AvgIpc) is 3.20. The topological polar surface area (TPSA) is 114 Å². The number of aliphatic imine (C=N–C) groups is 1. The molecule has 3 rings (SSSR count). The highest BCUT2D eigenvalue weighted by Crippen LogP contribution is 2.39. The number of hydrogen-bond donors (Lipinski definition) is 3. The van der Waals surface area contributed by atoms with Gasteiger partial charge in [0.25, 0.3) is 5.91 Å². The van der Waals surface area contributed by atoms with E-state index in [0.29, 0.717) is 25.9 Å². The van der Waals surface area contributed by atoms with Crippen LogP contribution in [-0.2, 0) is 11.0 Å². The number of halogens is 3. The Labute approximate surface area is 166 Å². The molecule has 1 aromatic carbocycles. The number of nitrogens with zero attached hydrogens (tertiary/aromatic N) is 2. The third kappa shape index (κ3) is 4.87. The Balaban J connectivity index is 1.77. The fourth-order valence-electron chi connectivity index (χ4n) is 4.00. The van der Waals surface area contributed by atoms with Gasteiger partial charge in [-0.3, -0.25) is 9.59 Å². The lowest BCUT2D eigenvalue weighted by Gasteiger charge is -2.34. The highest BCUT2D eigenvalue weighted by molar-refractivity contribution is 6.02. The molecule has 2 aliphatic heterocycles. The molecule has 1 unspecified atom stereocenters. The first-order valence-electron chi connectivity index (χ1n) is 9.54. The van der Waals surface area contributed by atoms with Gasteiger partial charge in [-0.1, -0.05) is 6.07 Å². The number of carbonyl (C=O) groups excluding carboxylic acids is 2. The van der Waals surface area contributed by atoms with Gasteiger partial charge in [-0.25, -0.2) is 0 Å². The molecule has 0 aliphatic carbocycles. The van der Waals surface area contributed by atoms with Crippen molar-refractivity contribution < 1.29 is 22.8 Å². The van der Waals surface area contributed by atoms with E-state index < -0.39 is 23.6 Å². The molecular weight excluding hydrogens is 387 g/mol. The van der Waals surface area contributed by atoms with Crippen LogP contribution in [0.5, 0.6) is 0 Å². The molecule has 0 radical (unpaired) electrons. The molecule has 10 heteroatoms. The molecule has 0 spiro atoms. The lowest BCUT2D eigenvalue weighted by atomic mass is 9.85. The van der Waals surface area contributed by atoms with Crippen molar-refractivity contribution in [1.82, 2.24) is 10.2 Å².